The van der Waals surface area contributed by atoms with Crippen molar-refractivity contribution >= 4 is 46.4 Å². The van der Waals surface area contributed by atoms with E-state index in [1.807, 2.05) is 16.7 Å². The molecule has 7 nitrogen and oxygen atoms in total. The van der Waals surface area contributed by atoms with E-state index in [0.717, 1.165) is 30.7 Å². The third-order valence-corrected chi connectivity index (χ3v) is 9.30. The lowest BCUT2D eigenvalue weighted by Gasteiger charge is -2.56. The Bertz CT molecular complexity index is 1340. The van der Waals surface area contributed by atoms with Crippen LogP contribution in [0.1, 0.15) is 35.1 Å². The second-order valence-electron chi connectivity index (χ2n) is 9.86. The summed E-state index contributed by atoms with van der Waals surface area (Å²) >= 11 is 8.51. The van der Waals surface area contributed by atoms with Crippen LogP contribution in [0, 0.1) is 16.6 Å². The van der Waals surface area contributed by atoms with Gasteiger partial charge < -0.3 is 20.5 Å². The van der Waals surface area contributed by atoms with Gasteiger partial charge in [0.25, 0.3) is 5.91 Å². The van der Waals surface area contributed by atoms with E-state index in [9.17, 15) is 22.4 Å². The van der Waals surface area contributed by atoms with Crippen LogP contribution in [0.2, 0.25) is 5.02 Å². The monoisotopic (exact) mass is 568 g/mol. The summed E-state index contributed by atoms with van der Waals surface area (Å²) in [6, 6.07) is 1.72. The average molecular weight is 569 g/mol. The van der Waals surface area contributed by atoms with Crippen LogP contribution in [-0.2, 0) is 6.18 Å². The topological polar surface area (TPSA) is 85.2 Å². The summed E-state index contributed by atoms with van der Waals surface area (Å²) < 4.78 is 54.2. The van der Waals surface area contributed by atoms with Crippen molar-refractivity contribution in [2.24, 2.45) is 5.41 Å². The van der Waals surface area contributed by atoms with E-state index in [1.54, 1.807) is 6.92 Å². The van der Waals surface area contributed by atoms with Crippen molar-refractivity contribution in [3.8, 4) is 0 Å². The van der Waals surface area contributed by atoms with E-state index in [0.29, 0.717) is 17.5 Å². The van der Waals surface area contributed by atoms with Gasteiger partial charge in [-0.2, -0.15) is 24.9 Å². The van der Waals surface area contributed by atoms with Crippen molar-refractivity contribution in [3.05, 3.63) is 57.9 Å². The Morgan fingerprint density at radius 2 is 1.97 bits per heavy atom. The Morgan fingerprint density at radius 3 is 2.58 bits per heavy atom. The second-order valence-corrected chi connectivity index (χ2v) is 11.2. The highest BCUT2D eigenvalue weighted by Crippen LogP contribution is 2.48. The quantitative estimate of drug-likeness (QED) is 0.519. The number of piperidine rings is 1. The highest BCUT2D eigenvalue weighted by atomic mass is 35.5. The number of nitrogens with one attached hydrogen (secondary N) is 2. The number of benzene rings is 1. The number of carbonyl (C=O) groups is 1. The number of likely N-dealkylation sites (tertiary alicyclic amines) is 1. The van der Waals surface area contributed by atoms with Crippen LogP contribution < -0.4 is 10.2 Å². The number of rotatable bonds is 4. The van der Waals surface area contributed by atoms with E-state index >= 15 is 0 Å². The number of anilines is 1. The van der Waals surface area contributed by atoms with Gasteiger partial charge in [0, 0.05) is 49.2 Å². The number of nitrogens with zero attached hydrogens (tertiary/aromatic N) is 4. The normalized spacial score (nSPS) is 22.2. The average Bonchev–Trinajstić information content (AvgIpc) is 2.81. The first-order valence-corrected chi connectivity index (χ1v) is 13.5. The van der Waals surface area contributed by atoms with Crippen molar-refractivity contribution in [2.75, 3.05) is 43.1 Å². The SMILES string of the molecule is CN/C(=C1/CCN(C(=O)c2cc(F)cc(N3CC4(CSC4)C3)c2Cl)C(C)C1=N)c1cncc(C(F)(F)F)n1. The molecule has 2 aromatic rings. The Morgan fingerprint density at radius 1 is 1.26 bits per heavy atom. The van der Waals surface area contributed by atoms with Gasteiger partial charge in [0.15, 0.2) is 5.69 Å². The summed E-state index contributed by atoms with van der Waals surface area (Å²) in [6.07, 6.45) is -2.66. The van der Waals surface area contributed by atoms with Crippen molar-refractivity contribution in [2.45, 2.75) is 25.6 Å². The summed E-state index contributed by atoms with van der Waals surface area (Å²) in [6.45, 7) is 3.33. The fourth-order valence-corrected chi connectivity index (χ4v) is 6.64. The molecule has 1 amide bonds. The van der Waals surface area contributed by atoms with Gasteiger partial charge in [-0.1, -0.05) is 11.6 Å². The summed E-state index contributed by atoms with van der Waals surface area (Å²) in [5, 5.41) is 11.8. The minimum Gasteiger partial charge on any atom is -0.386 e. The molecule has 1 aromatic heterocycles. The molecule has 3 fully saturated rings. The standard InChI is InChI=1S/C25H25ClF4N6OS/c1-13-21(31)15(22(32-2)17-7-33-8-19(34-17)25(28,29)30)3-4-36(13)23(37)16-5-14(27)6-18(20(16)26)35-9-24(10-35)11-38-12-24/h5-8,13,31-32H,3-4,9-12H2,1-2H3/b22-15-,31-21?. The smallest absolute Gasteiger partial charge is 0.386 e. The molecule has 0 bridgehead atoms. The van der Waals surface area contributed by atoms with Crippen molar-refractivity contribution < 1.29 is 22.4 Å². The number of halogens is 5. The summed E-state index contributed by atoms with van der Waals surface area (Å²) in [4.78, 5) is 24.3. The third kappa shape index (κ3) is 4.61. The molecule has 5 rings (SSSR count). The third-order valence-electron chi connectivity index (χ3n) is 7.27. The molecule has 38 heavy (non-hydrogen) atoms. The van der Waals surface area contributed by atoms with Crippen molar-refractivity contribution in [1.82, 2.24) is 20.2 Å². The number of aromatic nitrogens is 2. The van der Waals surface area contributed by atoms with Gasteiger partial charge in [-0.15, -0.1) is 0 Å². The number of alkyl halides is 3. The molecule has 1 spiro atoms. The zero-order chi connectivity index (χ0) is 27.4. The molecule has 2 N–H and O–H groups in total. The van der Waals surface area contributed by atoms with Gasteiger partial charge in [0.05, 0.1) is 46.1 Å². The van der Waals surface area contributed by atoms with Gasteiger partial charge in [-0.25, -0.2) is 9.37 Å². The molecule has 3 saturated heterocycles. The van der Waals surface area contributed by atoms with E-state index < -0.39 is 29.6 Å². The first-order chi connectivity index (χ1) is 17.9. The molecular weight excluding hydrogens is 544 g/mol. The number of amides is 1. The lowest BCUT2D eigenvalue weighted by atomic mass is 9.82. The maximum atomic E-state index is 14.6. The molecule has 0 saturated carbocycles. The van der Waals surface area contributed by atoms with Gasteiger partial charge in [0.1, 0.15) is 11.5 Å². The van der Waals surface area contributed by atoms with Gasteiger partial charge in [-0.3, -0.25) is 9.78 Å². The van der Waals surface area contributed by atoms with Gasteiger partial charge in [-0.05, 0) is 25.5 Å². The van der Waals surface area contributed by atoms with Crippen LogP contribution in [0.5, 0.6) is 0 Å². The molecule has 0 radical (unpaired) electrons. The molecule has 1 atom stereocenters. The summed E-state index contributed by atoms with van der Waals surface area (Å²) in [5.74, 6) is 1.04. The van der Waals surface area contributed by atoms with Crippen LogP contribution in [-0.4, -0.2) is 70.7 Å². The first-order valence-electron chi connectivity index (χ1n) is 12.0. The predicted molar refractivity (Wildman–Crippen MR) is 139 cm³/mol. The number of thioether (sulfide) groups is 1. The van der Waals surface area contributed by atoms with Crippen LogP contribution in [0.25, 0.3) is 5.70 Å². The van der Waals surface area contributed by atoms with Crippen molar-refractivity contribution in [1.29, 1.82) is 5.41 Å². The predicted octanol–water partition coefficient (Wildman–Crippen LogP) is 4.73. The van der Waals surface area contributed by atoms with Crippen LogP contribution in [0.3, 0.4) is 0 Å². The first kappa shape index (κ1) is 26.7. The maximum absolute atomic E-state index is 14.6. The minimum atomic E-state index is -4.67. The van der Waals surface area contributed by atoms with Crippen LogP contribution >= 0.6 is 23.4 Å². The zero-order valence-electron chi connectivity index (χ0n) is 20.6. The Labute approximate surface area is 226 Å². The molecule has 3 aliphatic heterocycles. The molecule has 202 valence electrons. The van der Waals surface area contributed by atoms with E-state index in [4.69, 9.17) is 17.0 Å². The Hall–Kier alpha value is -2.86. The lowest BCUT2D eigenvalue weighted by molar-refractivity contribution is -0.141. The van der Waals surface area contributed by atoms with Gasteiger partial charge >= 0.3 is 6.18 Å². The fourth-order valence-electron chi connectivity index (χ4n) is 5.18. The maximum Gasteiger partial charge on any atom is 0.434 e. The minimum absolute atomic E-state index is 0.0234. The molecule has 4 heterocycles. The fraction of sp³-hybridized carbons (Fsp3) is 0.440. The molecule has 13 heteroatoms. The van der Waals surface area contributed by atoms with Crippen molar-refractivity contribution in [3.63, 3.8) is 0 Å². The second kappa shape index (κ2) is 9.71. The number of carbonyl (C=O) groups excluding carboxylic acids is 1. The van der Waals surface area contributed by atoms with Crippen LogP contribution in [0.15, 0.2) is 30.1 Å². The molecule has 0 aliphatic carbocycles. The highest BCUT2D eigenvalue weighted by Gasteiger charge is 2.49. The van der Waals surface area contributed by atoms with Gasteiger partial charge in [0.2, 0.25) is 0 Å². The van der Waals surface area contributed by atoms with E-state index in [2.05, 4.69) is 15.3 Å². The molecule has 3 aliphatic rings. The Balaban J connectivity index is 1.40. The summed E-state index contributed by atoms with van der Waals surface area (Å²) in [7, 11) is 1.52. The largest absolute Gasteiger partial charge is 0.434 e. The number of hydrogen-bond donors (Lipinski definition) is 2. The lowest BCUT2D eigenvalue weighted by Crippen LogP contribution is -2.63. The summed E-state index contributed by atoms with van der Waals surface area (Å²) in [5.41, 5.74) is 0.258. The molecular formula is C25H25ClF4N6OS. The van der Waals surface area contributed by atoms with E-state index in [-0.39, 0.29) is 46.1 Å². The Kier molecular flexibility index (Phi) is 6.83. The van der Waals surface area contributed by atoms with Crippen LogP contribution in [0.4, 0.5) is 23.2 Å². The zero-order valence-corrected chi connectivity index (χ0v) is 22.2. The molecule has 1 unspecified atom stereocenters. The molecule has 1 aromatic carbocycles. The van der Waals surface area contributed by atoms with E-state index in [1.165, 1.54) is 24.2 Å². The number of hydrogen-bond acceptors (Lipinski definition) is 7. The highest BCUT2D eigenvalue weighted by molar-refractivity contribution is 8.00.